The molecule has 0 bridgehead atoms. The van der Waals surface area contributed by atoms with Crippen molar-refractivity contribution in [2.75, 3.05) is 26.2 Å². The van der Waals surface area contributed by atoms with Crippen LogP contribution in [0.25, 0.3) is 5.57 Å². The molecular weight excluding hydrogens is 396 g/mol. The number of aryl methyl sites for hydroxylation is 2. The largest absolute Gasteiger partial charge is 0.482 e. The van der Waals surface area contributed by atoms with E-state index in [9.17, 15) is 4.79 Å². The number of nitrogens with one attached hydrogen (secondary N) is 1. The predicted octanol–water partition coefficient (Wildman–Crippen LogP) is 5.76. The van der Waals surface area contributed by atoms with Gasteiger partial charge in [-0.2, -0.15) is 0 Å². The van der Waals surface area contributed by atoms with Crippen LogP contribution in [0, 0.1) is 13.8 Å². The maximum absolute atomic E-state index is 12.7. The molecule has 1 N–H and O–H groups in total. The van der Waals surface area contributed by atoms with Crippen molar-refractivity contribution in [2.24, 2.45) is 0 Å². The summed E-state index contributed by atoms with van der Waals surface area (Å²) in [4.78, 5) is 14.6. The number of rotatable bonds is 4. The Morgan fingerprint density at radius 2 is 1.66 bits per heavy atom. The Morgan fingerprint density at radius 1 is 1.03 bits per heavy atom. The molecule has 0 radical (unpaired) electrons. The highest BCUT2D eigenvalue weighted by molar-refractivity contribution is 5.95. The van der Waals surface area contributed by atoms with E-state index in [0.717, 1.165) is 61.5 Å². The van der Waals surface area contributed by atoms with E-state index in [2.05, 4.69) is 49.5 Å². The third kappa shape index (κ3) is 4.75. The Hall–Kier alpha value is -2.59. The molecule has 2 heterocycles. The van der Waals surface area contributed by atoms with Crippen molar-refractivity contribution < 1.29 is 9.53 Å². The lowest BCUT2D eigenvalue weighted by Crippen LogP contribution is -2.46. The lowest BCUT2D eigenvalue weighted by Gasteiger charge is -2.40. The molecule has 1 spiro atoms. The number of ether oxygens (including phenoxy) is 1. The van der Waals surface area contributed by atoms with Crippen LogP contribution in [0.3, 0.4) is 0 Å². The van der Waals surface area contributed by atoms with E-state index in [1.807, 2.05) is 44.7 Å². The molecule has 172 valence electrons. The molecule has 2 aromatic carbocycles. The summed E-state index contributed by atoms with van der Waals surface area (Å²) in [6.07, 6.45) is 4.25. The third-order valence-corrected chi connectivity index (χ3v) is 6.37. The average molecular weight is 435 g/mol. The highest BCUT2D eigenvalue weighted by atomic mass is 16.5. The van der Waals surface area contributed by atoms with E-state index in [1.54, 1.807) is 0 Å². The van der Waals surface area contributed by atoms with E-state index < -0.39 is 0 Å². The fourth-order valence-corrected chi connectivity index (χ4v) is 4.68. The Morgan fingerprint density at radius 3 is 2.25 bits per heavy atom. The van der Waals surface area contributed by atoms with Gasteiger partial charge in [-0.1, -0.05) is 32.0 Å². The van der Waals surface area contributed by atoms with Gasteiger partial charge in [-0.25, -0.2) is 0 Å². The first-order chi connectivity index (χ1) is 15.5. The van der Waals surface area contributed by atoms with Crippen molar-refractivity contribution in [1.82, 2.24) is 10.2 Å². The van der Waals surface area contributed by atoms with E-state index in [0.29, 0.717) is 0 Å². The molecule has 2 aromatic rings. The van der Waals surface area contributed by atoms with Gasteiger partial charge in [0.25, 0.3) is 5.91 Å². The molecule has 1 saturated heterocycles. The second kappa shape index (κ2) is 10.4. The van der Waals surface area contributed by atoms with Crippen molar-refractivity contribution in [3.8, 4) is 5.75 Å². The van der Waals surface area contributed by atoms with Gasteiger partial charge in [0.15, 0.2) is 0 Å². The Kier molecular flexibility index (Phi) is 7.78. The molecule has 1 fully saturated rings. The summed E-state index contributed by atoms with van der Waals surface area (Å²) in [5, 5.41) is 3.45. The lowest BCUT2D eigenvalue weighted by atomic mass is 9.82. The molecular formula is C28H38N2O2. The maximum atomic E-state index is 12.7. The number of piperidine rings is 1. The minimum Gasteiger partial charge on any atom is -0.482 e. The van der Waals surface area contributed by atoms with Gasteiger partial charge < -0.3 is 15.0 Å². The van der Waals surface area contributed by atoms with Crippen LogP contribution in [0.5, 0.6) is 5.75 Å². The molecule has 32 heavy (non-hydrogen) atoms. The number of carbonyl (C=O) groups excluding carboxylic acids is 1. The summed E-state index contributed by atoms with van der Waals surface area (Å²) < 4.78 is 6.64. The zero-order valence-corrected chi connectivity index (χ0v) is 20.5. The van der Waals surface area contributed by atoms with Crippen LogP contribution in [-0.4, -0.2) is 42.6 Å². The van der Waals surface area contributed by atoms with Crippen LogP contribution in [-0.2, 0) is 0 Å². The predicted molar refractivity (Wildman–Crippen MR) is 133 cm³/mol. The van der Waals surface area contributed by atoms with Crippen LogP contribution >= 0.6 is 0 Å². The summed E-state index contributed by atoms with van der Waals surface area (Å²) in [6, 6.07) is 12.5. The molecule has 0 aliphatic carbocycles. The second-order valence-electron chi connectivity index (χ2n) is 8.49. The van der Waals surface area contributed by atoms with Crippen molar-refractivity contribution in [3.05, 3.63) is 70.3 Å². The molecule has 0 aromatic heterocycles. The van der Waals surface area contributed by atoms with Crippen LogP contribution in [0.4, 0.5) is 0 Å². The van der Waals surface area contributed by atoms with E-state index in [-0.39, 0.29) is 11.5 Å². The van der Waals surface area contributed by atoms with Gasteiger partial charge in [-0.15, -0.1) is 0 Å². The molecule has 2 aliphatic rings. The number of benzene rings is 2. The number of hydrogen-bond acceptors (Lipinski definition) is 3. The quantitative estimate of drug-likeness (QED) is 0.665. The number of fused-ring (bicyclic) bond motifs is 1. The summed E-state index contributed by atoms with van der Waals surface area (Å²) >= 11 is 0. The minimum absolute atomic E-state index is 0.0921. The maximum Gasteiger partial charge on any atom is 0.253 e. The van der Waals surface area contributed by atoms with Gasteiger partial charge in [0, 0.05) is 37.1 Å². The standard InChI is InChI=1S/C26H32N2O2.C2H6/c1-5-28(6-2)25(29)21-9-7-20(8-10-21)23-17-26(11-13-27-14-12-26)30-24-19(4)15-18(3)16-22(23)24;1-2/h7-10,15-17,27H,5-6,11-14H2,1-4H3;1-2H3. The fourth-order valence-electron chi connectivity index (χ4n) is 4.68. The second-order valence-corrected chi connectivity index (χ2v) is 8.49. The molecule has 0 atom stereocenters. The number of hydrogen-bond donors (Lipinski definition) is 1. The summed E-state index contributed by atoms with van der Waals surface area (Å²) in [5.74, 6) is 1.10. The van der Waals surface area contributed by atoms with E-state index in [4.69, 9.17) is 4.74 Å². The van der Waals surface area contributed by atoms with Crippen molar-refractivity contribution in [2.45, 2.75) is 60.0 Å². The highest BCUT2D eigenvalue weighted by Crippen LogP contribution is 2.44. The number of carbonyl (C=O) groups is 1. The van der Waals surface area contributed by atoms with Gasteiger partial charge in [0.1, 0.15) is 11.4 Å². The van der Waals surface area contributed by atoms with Crippen LogP contribution in [0.1, 0.15) is 73.1 Å². The van der Waals surface area contributed by atoms with Gasteiger partial charge in [-0.3, -0.25) is 4.79 Å². The van der Waals surface area contributed by atoms with Crippen molar-refractivity contribution in [3.63, 3.8) is 0 Å². The van der Waals surface area contributed by atoms with Gasteiger partial charge >= 0.3 is 0 Å². The summed E-state index contributed by atoms with van der Waals surface area (Å²) in [5.41, 5.74) is 6.40. The van der Waals surface area contributed by atoms with Crippen LogP contribution < -0.4 is 10.1 Å². The number of nitrogens with zero attached hydrogens (tertiary/aromatic N) is 1. The Balaban J connectivity index is 0.00000141. The van der Waals surface area contributed by atoms with Crippen molar-refractivity contribution >= 4 is 11.5 Å². The summed E-state index contributed by atoms with van der Waals surface area (Å²) in [6.45, 7) is 15.7. The average Bonchev–Trinajstić information content (AvgIpc) is 2.82. The van der Waals surface area contributed by atoms with Gasteiger partial charge in [-0.05, 0) is 87.3 Å². The first-order valence-electron chi connectivity index (χ1n) is 12.1. The van der Waals surface area contributed by atoms with Crippen LogP contribution in [0.15, 0.2) is 42.5 Å². The molecule has 4 rings (SSSR count). The minimum atomic E-state index is -0.261. The molecule has 1 amide bonds. The van der Waals surface area contributed by atoms with Gasteiger partial charge in [0.05, 0.1) is 0 Å². The highest BCUT2D eigenvalue weighted by Gasteiger charge is 2.37. The van der Waals surface area contributed by atoms with Gasteiger partial charge in [0.2, 0.25) is 0 Å². The molecule has 4 heteroatoms. The monoisotopic (exact) mass is 434 g/mol. The van der Waals surface area contributed by atoms with Crippen LogP contribution in [0.2, 0.25) is 0 Å². The zero-order valence-electron chi connectivity index (χ0n) is 20.5. The first kappa shape index (κ1) is 24.1. The molecule has 0 unspecified atom stereocenters. The normalized spacial score (nSPS) is 16.2. The SMILES string of the molecule is CC.CCN(CC)C(=O)c1ccc(C2=CC3(CCNCC3)Oc3c(C)cc(C)cc32)cc1. The molecule has 4 nitrogen and oxygen atoms in total. The topological polar surface area (TPSA) is 41.6 Å². The first-order valence-corrected chi connectivity index (χ1v) is 12.1. The zero-order chi connectivity index (χ0) is 23.3. The van der Waals surface area contributed by atoms with E-state index >= 15 is 0 Å². The van der Waals surface area contributed by atoms with E-state index in [1.165, 1.54) is 16.7 Å². The molecule has 0 saturated carbocycles. The fraction of sp³-hybridized carbons (Fsp3) is 0.464. The Bertz CT molecular complexity index is 966. The lowest BCUT2D eigenvalue weighted by molar-refractivity contribution is 0.0772. The summed E-state index contributed by atoms with van der Waals surface area (Å²) in [7, 11) is 0. The number of amides is 1. The third-order valence-electron chi connectivity index (χ3n) is 6.37. The van der Waals surface area contributed by atoms with Crippen molar-refractivity contribution in [1.29, 1.82) is 0 Å². The Labute approximate surface area is 193 Å². The smallest absolute Gasteiger partial charge is 0.253 e. The molecule has 2 aliphatic heterocycles.